The average molecular weight is 217 g/mol. The molecule has 0 aromatic heterocycles. The van der Waals surface area contributed by atoms with Gasteiger partial charge in [0.15, 0.2) is 0 Å². The third-order valence-corrected chi connectivity index (χ3v) is 2.45. The highest BCUT2D eigenvalue weighted by molar-refractivity contribution is 4.68. The molecule has 3 heteroatoms. The highest BCUT2D eigenvalue weighted by atomic mass is 16.5. The fourth-order valence-corrected chi connectivity index (χ4v) is 1.02. The van der Waals surface area contributed by atoms with Gasteiger partial charge in [-0.15, -0.1) is 0 Å². The van der Waals surface area contributed by atoms with E-state index in [1.807, 2.05) is 13.8 Å². The molecule has 0 heterocycles. The van der Waals surface area contributed by atoms with Gasteiger partial charge in [-0.2, -0.15) is 0 Å². The van der Waals surface area contributed by atoms with Crippen molar-refractivity contribution in [2.24, 2.45) is 5.92 Å². The molecular formula is C12H27NO2. The van der Waals surface area contributed by atoms with Gasteiger partial charge in [0.05, 0.1) is 18.3 Å². The van der Waals surface area contributed by atoms with Crippen LogP contribution in [0, 0.1) is 5.92 Å². The minimum atomic E-state index is -0.408. The number of aliphatic hydroxyl groups is 1. The zero-order chi connectivity index (χ0) is 11.9. The second-order valence-corrected chi connectivity index (χ2v) is 5.13. The van der Waals surface area contributed by atoms with Crippen molar-refractivity contribution in [1.29, 1.82) is 0 Å². The van der Waals surface area contributed by atoms with Gasteiger partial charge < -0.3 is 15.2 Å². The third-order valence-electron chi connectivity index (χ3n) is 2.45. The van der Waals surface area contributed by atoms with Gasteiger partial charge in [-0.3, -0.25) is 0 Å². The maximum atomic E-state index is 9.63. The minimum Gasteiger partial charge on any atom is -0.389 e. The van der Waals surface area contributed by atoms with Gasteiger partial charge in [0.25, 0.3) is 0 Å². The Hall–Kier alpha value is -0.120. The second kappa shape index (κ2) is 7.20. The number of ether oxygens (including phenoxy) is 1. The summed E-state index contributed by atoms with van der Waals surface area (Å²) in [5, 5.41) is 12.8. The molecular weight excluding hydrogens is 190 g/mol. The first-order chi connectivity index (χ1) is 6.87. The van der Waals surface area contributed by atoms with Crippen molar-refractivity contribution in [3.63, 3.8) is 0 Å². The molecule has 2 N–H and O–H groups in total. The molecule has 0 saturated carbocycles. The van der Waals surface area contributed by atoms with Crippen LogP contribution in [0.15, 0.2) is 0 Å². The Morgan fingerprint density at radius 1 is 1.27 bits per heavy atom. The zero-order valence-corrected chi connectivity index (χ0v) is 10.8. The Bertz CT molecular complexity index is 158. The Morgan fingerprint density at radius 2 is 1.87 bits per heavy atom. The molecule has 0 aliphatic heterocycles. The molecule has 0 amide bonds. The second-order valence-electron chi connectivity index (χ2n) is 5.13. The summed E-state index contributed by atoms with van der Waals surface area (Å²) in [4.78, 5) is 0. The summed E-state index contributed by atoms with van der Waals surface area (Å²) in [6, 6.07) is 0. The summed E-state index contributed by atoms with van der Waals surface area (Å²) in [6.45, 7) is 12.4. The van der Waals surface area contributed by atoms with Crippen molar-refractivity contribution in [2.45, 2.75) is 52.7 Å². The van der Waals surface area contributed by atoms with E-state index >= 15 is 0 Å². The maximum Gasteiger partial charge on any atom is 0.0897 e. The van der Waals surface area contributed by atoms with Gasteiger partial charge in [-0.05, 0) is 32.7 Å². The van der Waals surface area contributed by atoms with Gasteiger partial charge in [0, 0.05) is 6.54 Å². The van der Waals surface area contributed by atoms with Gasteiger partial charge in [0.2, 0.25) is 0 Å². The molecule has 0 unspecified atom stereocenters. The smallest absolute Gasteiger partial charge is 0.0897 e. The molecule has 0 aliphatic rings. The van der Waals surface area contributed by atoms with Crippen LogP contribution in [0.5, 0.6) is 0 Å². The van der Waals surface area contributed by atoms with E-state index in [1.54, 1.807) is 0 Å². The molecule has 3 nitrogen and oxygen atoms in total. The Labute approximate surface area is 94.2 Å². The van der Waals surface area contributed by atoms with Crippen molar-refractivity contribution in [2.75, 3.05) is 19.7 Å². The first-order valence-electron chi connectivity index (χ1n) is 5.90. The predicted molar refractivity (Wildman–Crippen MR) is 64.0 cm³/mol. The quantitative estimate of drug-likeness (QED) is 0.651. The fourth-order valence-electron chi connectivity index (χ4n) is 1.02. The van der Waals surface area contributed by atoms with Gasteiger partial charge >= 0.3 is 0 Å². The molecule has 0 rings (SSSR count). The lowest BCUT2D eigenvalue weighted by Gasteiger charge is -2.25. The van der Waals surface area contributed by atoms with Gasteiger partial charge in [0.1, 0.15) is 0 Å². The number of aliphatic hydroxyl groups excluding tert-OH is 1. The van der Waals surface area contributed by atoms with Crippen LogP contribution in [0.25, 0.3) is 0 Å². The normalized spacial score (nSPS) is 14.6. The van der Waals surface area contributed by atoms with Crippen LogP contribution in [0.2, 0.25) is 0 Å². The molecule has 0 fully saturated rings. The largest absolute Gasteiger partial charge is 0.389 e. The van der Waals surface area contributed by atoms with E-state index in [0.29, 0.717) is 19.1 Å². The van der Waals surface area contributed by atoms with E-state index in [4.69, 9.17) is 4.74 Å². The summed E-state index contributed by atoms with van der Waals surface area (Å²) in [7, 11) is 0. The van der Waals surface area contributed by atoms with Crippen LogP contribution >= 0.6 is 0 Å². The standard InChI is InChI=1S/C12H27NO2/c1-6-12(4,5)15-9-11(14)8-13-7-10(2)3/h10-11,13-14H,6-9H2,1-5H3/t11-/m0/s1. The number of hydrogen-bond acceptors (Lipinski definition) is 3. The topological polar surface area (TPSA) is 41.5 Å². The van der Waals surface area contributed by atoms with E-state index in [0.717, 1.165) is 13.0 Å². The van der Waals surface area contributed by atoms with E-state index in [-0.39, 0.29) is 5.60 Å². The van der Waals surface area contributed by atoms with Crippen molar-refractivity contribution in [3.05, 3.63) is 0 Å². The van der Waals surface area contributed by atoms with Crippen molar-refractivity contribution in [1.82, 2.24) is 5.32 Å². The lowest BCUT2D eigenvalue weighted by atomic mass is 10.1. The van der Waals surface area contributed by atoms with Crippen LogP contribution in [0.4, 0.5) is 0 Å². The van der Waals surface area contributed by atoms with E-state index in [1.165, 1.54) is 0 Å². The first kappa shape index (κ1) is 14.9. The van der Waals surface area contributed by atoms with Crippen LogP contribution in [0.3, 0.4) is 0 Å². The summed E-state index contributed by atoms with van der Waals surface area (Å²) in [5.41, 5.74) is -0.126. The van der Waals surface area contributed by atoms with Crippen LogP contribution in [0.1, 0.15) is 41.0 Å². The number of hydrogen-bond donors (Lipinski definition) is 2. The summed E-state index contributed by atoms with van der Waals surface area (Å²) >= 11 is 0. The summed E-state index contributed by atoms with van der Waals surface area (Å²) in [5.74, 6) is 0.616. The Balaban J connectivity index is 3.53. The molecule has 0 spiro atoms. The molecule has 92 valence electrons. The molecule has 15 heavy (non-hydrogen) atoms. The third kappa shape index (κ3) is 8.85. The zero-order valence-electron chi connectivity index (χ0n) is 10.8. The van der Waals surface area contributed by atoms with Crippen LogP contribution in [-0.2, 0) is 4.74 Å². The average Bonchev–Trinajstić information content (AvgIpc) is 2.14. The SMILES string of the molecule is CCC(C)(C)OC[C@@H](O)CNCC(C)C. The molecule has 1 atom stereocenters. The Kier molecular flexibility index (Phi) is 7.14. The highest BCUT2D eigenvalue weighted by Crippen LogP contribution is 2.13. The van der Waals surface area contributed by atoms with E-state index in [9.17, 15) is 5.11 Å². The molecule has 0 radical (unpaired) electrons. The molecule has 0 aromatic carbocycles. The first-order valence-corrected chi connectivity index (χ1v) is 5.90. The van der Waals surface area contributed by atoms with Crippen molar-refractivity contribution in [3.8, 4) is 0 Å². The molecule has 0 aromatic rings. The fraction of sp³-hybridized carbons (Fsp3) is 1.00. The molecule has 0 aliphatic carbocycles. The minimum absolute atomic E-state index is 0.126. The number of rotatable bonds is 8. The monoisotopic (exact) mass is 217 g/mol. The molecule has 0 bridgehead atoms. The summed E-state index contributed by atoms with van der Waals surface area (Å²) in [6.07, 6.45) is 0.550. The molecule has 0 saturated heterocycles. The van der Waals surface area contributed by atoms with Crippen LogP contribution in [-0.4, -0.2) is 36.5 Å². The predicted octanol–water partition coefficient (Wildman–Crippen LogP) is 1.80. The lowest BCUT2D eigenvalue weighted by Crippen LogP contribution is -2.35. The maximum absolute atomic E-state index is 9.63. The lowest BCUT2D eigenvalue weighted by molar-refractivity contribution is -0.0601. The van der Waals surface area contributed by atoms with Crippen molar-refractivity contribution >= 4 is 0 Å². The number of nitrogens with one attached hydrogen (secondary N) is 1. The van der Waals surface area contributed by atoms with Gasteiger partial charge in [-0.25, -0.2) is 0 Å². The highest BCUT2D eigenvalue weighted by Gasteiger charge is 2.17. The van der Waals surface area contributed by atoms with Crippen LogP contribution < -0.4 is 5.32 Å². The summed E-state index contributed by atoms with van der Waals surface area (Å²) < 4.78 is 5.61. The Morgan fingerprint density at radius 3 is 2.33 bits per heavy atom. The van der Waals surface area contributed by atoms with Gasteiger partial charge in [-0.1, -0.05) is 20.8 Å². The van der Waals surface area contributed by atoms with E-state index < -0.39 is 6.10 Å². The van der Waals surface area contributed by atoms with Crippen molar-refractivity contribution < 1.29 is 9.84 Å². The van der Waals surface area contributed by atoms with E-state index in [2.05, 4.69) is 26.1 Å².